The van der Waals surface area contributed by atoms with E-state index in [1.54, 1.807) is 0 Å². The first-order valence-electron chi connectivity index (χ1n) is 8.95. The number of likely N-dealkylation sites (tertiary alicyclic amines) is 1. The summed E-state index contributed by atoms with van der Waals surface area (Å²) < 4.78 is 0. The van der Waals surface area contributed by atoms with E-state index in [-0.39, 0.29) is 17.2 Å². The van der Waals surface area contributed by atoms with Crippen molar-refractivity contribution in [1.82, 2.24) is 9.88 Å². The first kappa shape index (κ1) is 17.5. The lowest BCUT2D eigenvalue weighted by Crippen LogP contribution is -2.39. The molecule has 2 amide bonds. The van der Waals surface area contributed by atoms with E-state index in [0.717, 1.165) is 23.7 Å². The number of nitrogens with zero attached hydrogens (tertiary/aromatic N) is 1. The summed E-state index contributed by atoms with van der Waals surface area (Å²) in [7, 11) is 0. The molecular formula is C20H27N3O2. The number of hydrogen-bond donors (Lipinski definition) is 2. The van der Waals surface area contributed by atoms with Gasteiger partial charge in [0.05, 0.1) is 0 Å². The molecule has 1 fully saturated rings. The van der Waals surface area contributed by atoms with Crippen molar-refractivity contribution in [1.29, 1.82) is 0 Å². The molecule has 0 unspecified atom stereocenters. The van der Waals surface area contributed by atoms with Gasteiger partial charge in [0.1, 0.15) is 5.69 Å². The first-order valence-corrected chi connectivity index (χ1v) is 8.95. The summed E-state index contributed by atoms with van der Waals surface area (Å²) in [4.78, 5) is 29.0. The Hall–Kier alpha value is -2.30. The fourth-order valence-corrected chi connectivity index (χ4v) is 3.50. The van der Waals surface area contributed by atoms with Crippen LogP contribution in [0.25, 0.3) is 10.9 Å². The van der Waals surface area contributed by atoms with Crippen LogP contribution >= 0.6 is 0 Å². The molecular weight excluding hydrogens is 314 g/mol. The van der Waals surface area contributed by atoms with E-state index >= 15 is 0 Å². The molecule has 0 atom stereocenters. The molecule has 0 saturated carbocycles. The average molecular weight is 341 g/mol. The summed E-state index contributed by atoms with van der Waals surface area (Å²) in [5.41, 5.74) is 8.22. The molecule has 3 rings (SSSR count). The number of nitrogens with one attached hydrogen (secondary N) is 1. The quantitative estimate of drug-likeness (QED) is 0.899. The van der Waals surface area contributed by atoms with Crippen LogP contribution in [-0.4, -0.2) is 34.8 Å². The van der Waals surface area contributed by atoms with Gasteiger partial charge < -0.3 is 15.6 Å². The molecule has 5 heteroatoms. The number of primary amides is 1. The van der Waals surface area contributed by atoms with Gasteiger partial charge in [-0.2, -0.15) is 0 Å². The standard InChI is InChI=1S/C20H27N3O2/c1-20(2,3)15-5-4-14-11-17(22-16(14)12-15)19(25)23-8-6-13(7-9-23)10-18(21)24/h4-5,11-13,22H,6-10H2,1-3H3,(H2,21,24). The van der Waals surface area contributed by atoms with Gasteiger partial charge in [-0.25, -0.2) is 0 Å². The Kier molecular flexibility index (Phi) is 4.58. The molecule has 1 aromatic heterocycles. The van der Waals surface area contributed by atoms with Gasteiger partial charge in [0.25, 0.3) is 5.91 Å². The normalized spacial score (nSPS) is 16.4. The van der Waals surface area contributed by atoms with Crippen LogP contribution in [0.4, 0.5) is 0 Å². The van der Waals surface area contributed by atoms with Gasteiger partial charge in [-0.3, -0.25) is 9.59 Å². The third-order valence-electron chi connectivity index (χ3n) is 5.11. The van der Waals surface area contributed by atoms with E-state index in [1.165, 1.54) is 5.56 Å². The second-order valence-corrected chi connectivity index (χ2v) is 8.14. The molecule has 2 aromatic rings. The molecule has 1 aromatic carbocycles. The summed E-state index contributed by atoms with van der Waals surface area (Å²) in [5.74, 6) is 0.0830. The highest BCUT2D eigenvalue weighted by Gasteiger charge is 2.25. The van der Waals surface area contributed by atoms with Crippen LogP contribution in [-0.2, 0) is 10.2 Å². The third-order valence-corrected chi connectivity index (χ3v) is 5.11. The Bertz CT molecular complexity index is 793. The van der Waals surface area contributed by atoms with Crippen molar-refractivity contribution in [3.05, 3.63) is 35.5 Å². The minimum atomic E-state index is -0.255. The number of amides is 2. The number of piperidine rings is 1. The highest BCUT2D eigenvalue weighted by molar-refractivity contribution is 5.98. The van der Waals surface area contributed by atoms with Crippen LogP contribution in [0, 0.1) is 5.92 Å². The fraction of sp³-hybridized carbons (Fsp3) is 0.500. The van der Waals surface area contributed by atoms with E-state index in [9.17, 15) is 9.59 Å². The van der Waals surface area contributed by atoms with Crippen LogP contribution in [0.1, 0.15) is 56.1 Å². The lowest BCUT2D eigenvalue weighted by Gasteiger charge is -2.31. The number of nitrogens with two attached hydrogens (primary N) is 1. The number of carbonyl (C=O) groups excluding carboxylic acids is 2. The van der Waals surface area contributed by atoms with Crippen LogP contribution in [0.5, 0.6) is 0 Å². The van der Waals surface area contributed by atoms with Crippen molar-refractivity contribution >= 4 is 22.7 Å². The molecule has 2 heterocycles. The number of H-pyrrole nitrogens is 1. The second kappa shape index (κ2) is 6.54. The summed E-state index contributed by atoms with van der Waals surface area (Å²) in [6.45, 7) is 7.90. The Morgan fingerprint density at radius 1 is 1.20 bits per heavy atom. The molecule has 5 nitrogen and oxygen atoms in total. The van der Waals surface area contributed by atoms with Gasteiger partial charge in [0, 0.05) is 30.4 Å². The monoisotopic (exact) mass is 341 g/mol. The summed E-state index contributed by atoms with van der Waals surface area (Å²) >= 11 is 0. The number of hydrogen-bond acceptors (Lipinski definition) is 2. The third kappa shape index (κ3) is 3.86. The van der Waals surface area contributed by atoms with Gasteiger partial charge in [0.15, 0.2) is 0 Å². The molecule has 1 saturated heterocycles. The Morgan fingerprint density at radius 2 is 1.88 bits per heavy atom. The molecule has 25 heavy (non-hydrogen) atoms. The van der Waals surface area contributed by atoms with Gasteiger partial charge in [-0.15, -0.1) is 0 Å². The van der Waals surface area contributed by atoms with Gasteiger partial charge in [0.2, 0.25) is 5.91 Å². The van der Waals surface area contributed by atoms with Gasteiger partial charge >= 0.3 is 0 Å². The minimum Gasteiger partial charge on any atom is -0.370 e. The van der Waals surface area contributed by atoms with Crippen LogP contribution in [0.15, 0.2) is 24.3 Å². The Labute approximate surface area is 148 Å². The molecule has 0 aliphatic carbocycles. The smallest absolute Gasteiger partial charge is 0.270 e. The maximum atomic E-state index is 12.8. The molecule has 3 N–H and O–H groups in total. The van der Waals surface area contributed by atoms with Crippen molar-refractivity contribution in [3.8, 4) is 0 Å². The van der Waals surface area contributed by atoms with E-state index in [1.807, 2.05) is 11.0 Å². The maximum absolute atomic E-state index is 12.8. The van der Waals surface area contributed by atoms with E-state index in [0.29, 0.717) is 31.1 Å². The fourth-order valence-electron chi connectivity index (χ4n) is 3.50. The van der Waals surface area contributed by atoms with E-state index in [4.69, 9.17) is 5.73 Å². The summed E-state index contributed by atoms with van der Waals surface area (Å²) in [6.07, 6.45) is 2.09. The zero-order valence-corrected chi connectivity index (χ0v) is 15.3. The lowest BCUT2D eigenvalue weighted by atomic mass is 9.87. The maximum Gasteiger partial charge on any atom is 0.270 e. The van der Waals surface area contributed by atoms with Crippen molar-refractivity contribution < 1.29 is 9.59 Å². The number of carbonyl (C=O) groups is 2. The van der Waals surface area contributed by atoms with Crippen molar-refractivity contribution in [3.63, 3.8) is 0 Å². The first-order chi connectivity index (χ1) is 11.7. The zero-order chi connectivity index (χ0) is 18.2. The Morgan fingerprint density at radius 3 is 2.48 bits per heavy atom. The molecule has 0 spiro atoms. The number of aromatic nitrogens is 1. The van der Waals surface area contributed by atoms with Crippen molar-refractivity contribution in [2.45, 2.75) is 45.4 Å². The van der Waals surface area contributed by atoms with E-state index in [2.05, 4.69) is 44.0 Å². The molecule has 0 bridgehead atoms. The second-order valence-electron chi connectivity index (χ2n) is 8.14. The number of benzene rings is 1. The topological polar surface area (TPSA) is 79.2 Å². The van der Waals surface area contributed by atoms with Crippen LogP contribution in [0.2, 0.25) is 0 Å². The number of aromatic amines is 1. The number of fused-ring (bicyclic) bond motifs is 1. The van der Waals surface area contributed by atoms with Crippen LogP contribution < -0.4 is 5.73 Å². The van der Waals surface area contributed by atoms with Gasteiger partial charge in [-0.05, 0) is 41.9 Å². The number of rotatable bonds is 3. The molecule has 1 aliphatic rings. The molecule has 1 aliphatic heterocycles. The van der Waals surface area contributed by atoms with Crippen molar-refractivity contribution in [2.24, 2.45) is 11.7 Å². The molecule has 134 valence electrons. The van der Waals surface area contributed by atoms with Gasteiger partial charge in [-0.1, -0.05) is 32.9 Å². The highest BCUT2D eigenvalue weighted by Crippen LogP contribution is 2.27. The largest absolute Gasteiger partial charge is 0.370 e. The average Bonchev–Trinajstić information content (AvgIpc) is 2.96. The summed E-state index contributed by atoms with van der Waals surface area (Å²) in [5, 5.41) is 1.06. The van der Waals surface area contributed by atoms with Crippen molar-refractivity contribution in [2.75, 3.05) is 13.1 Å². The van der Waals surface area contributed by atoms with E-state index < -0.39 is 0 Å². The highest BCUT2D eigenvalue weighted by atomic mass is 16.2. The SMILES string of the molecule is CC(C)(C)c1ccc2cc(C(=O)N3CCC(CC(N)=O)CC3)[nH]c2c1. The lowest BCUT2D eigenvalue weighted by molar-refractivity contribution is -0.119. The Balaban J connectivity index is 1.73. The minimum absolute atomic E-state index is 0.0334. The summed E-state index contributed by atoms with van der Waals surface area (Å²) in [6, 6.07) is 8.26. The predicted molar refractivity (Wildman–Crippen MR) is 99.4 cm³/mol. The zero-order valence-electron chi connectivity index (χ0n) is 15.3. The molecule has 0 radical (unpaired) electrons. The predicted octanol–water partition coefficient (Wildman–Crippen LogP) is 3.19. The van der Waals surface area contributed by atoms with Crippen LogP contribution in [0.3, 0.4) is 0 Å².